The van der Waals surface area contributed by atoms with E-state index in [2.05, 4.69) is 34.4 Å². The lowest BCUT2D eigenvalue weighted by Crippen LogP contribution is -2.50. The second-order valence-electron chi connectivity index (χ2n) is 5.99. The number of nitrogens with one attached hydrogen (secondary N) is 2. The zero-order valence-electron chi connectivity index (χ0n) is 14.4. The first kappa shape index (κ1) is 22.0. The zero-order chi connectivity index (χ0) is 16.8. The molecule has 0 spiro atoms. The lowest BCUT2D eigenvalue weighted by Gasteiger charge is -2.33. The molecule has 0 fully saturated rings. The fourth-order valence-corrected chi connectivity index (χ4v) is 1.63. The summed E-state index contributed by atoms with van der Waals surface area (Å²) in [6.45, 7) is 7.63. The Hall–Kier alpha value is -0.960. The van der Waals surface area contributed by atoms with E-state index in [1.165, 1.54) is 6.07 Å². The lowest BCUT2D eigenvalue weighted by molar-refractivity contribution is 0.197. The number of aliphatic imine (C=N–C) groups is 1. The van der Waals surface area contributed by atoms with Crippen molar-refractivity contribution in [3.05, 3.63) is 35.4 Å². The van der Waals surface area contributed by atoms with Crippen LogP contribution in [0.25, 0.3) is 0 Å². The van der Waals surface area contributed by atoms with E-state index in [1.807, 2.05) is 21.0 Å². The molecule has 7 heteroatoms. The number of halogens is 3. The van der Waals surface area contributed by atoms with E-state index in [0.717, 1.165) is 12.1 Å². The van der Waals surface area contributed by atoms with Crippen molar-refractivity contribution in [2.75, 3.05) is 27.2 Å². The Balaban J connectivity index is 0.00000484. The number of nitrogens with zero attached hydrogens (tertiary/aromatic N) is 2. The van der Waals surface area contributed by atoms with Crippen LogP contribution in [0.2, 0.25) is 0 Å². The van der Waals surface area contributed by atoms with Crippen LogP contribution in [0.3, 0.4) is 0 Å². The van der Waals surface area contributed by atoms with Crippen LogP contribution in [0.5, 0.6) is 0 Å². The molecule has 0 radical (unpaired) electrons. The fraction of sp³-hybridized carbons (Fsp3) is 0.562. The van der Waals surface area contributed by atoms with Crippen molar-refractivity contribution in [1.29, 1.82) is 0 Å². The van der Waals surface area contributed by atoms with Gasteiger partial charge in [-0.3, -0.25) is 0 Å². The van der Waals surface area contributed by atoms with Gasteiger partial charge >= 0.3 is 0 Å². The standard InChI is InChI=1S/C16H26F2N4.HI/c1-6-19-15(21-11-16(2,3)22(4)5)20-10-12-9-13(17)7-8-14(12)18;/h7-9H,6,10-11H2,1-5H3,(H2,19,20,21);1H. The number of rotatable bonds is 6. The van der Waals surface area contributed by atoms with Gasteiger partial charge in [-0.25, -0.2) is 13.8 Å². The number of likely N-dealkylation sites (N-methyl/N-ethyl adjacent to an activating group) is 1. The predicted molar refractivity (Wildman–Crippen MR) is 102 cm³/mol. The van der Waals surface area contributed by atoms with E-state index in [0.29, 0.717) is 19.0 Å². The first-order valence-electron chi connectivity index (χ1n) is 7.40. The van der Waals surface area contributed by atoms with Crippen LogP contribution in [0.1, 0.15) is 26.3 Å². The topological polar surface area (TPSA) is 39.7 Å². The van der Waals surface area contributed by atoms with Crippen LogP contribution in [-0.4, -0.2) is 43.6 Å². The molecule has 0 amide bonds. The van der Waals surface area contributed by atoms with Crippen LogP contribution in [0.4, 0.5) is 8.78 Å². The van der Waals surface area contributed by atoms with Gasteiger partial charge in [0.05, 0.1) is 6.54 Å². The second-order valence-corrected chi connectivity index (χ2v) is 5.99. The molecule has 0 bridgehead atoms. The van der Waals surface area contributed by atoms with Crippen molar-refractivity contribution < 1.29 is 8.78 Å². The van der Waals surface area contributed by atoms with Gasteiger partial charge in [0.1, 0.15) is 11.6 Å². The van der Waals surface area contributed by atoms with E-state index >= 15 is 0 Å². The molecule has 132 valence electrons. The third kappa shape index (κ3) is 7.43. The van der Waals surface area contributed by atoms with Gasteiger partial charge in [-0.05, 0) is 53.1 Å². The van der Waals surface area contributed by atoms with Crippen LogP contribution < -0.4 is 10.6 Å². The summed E-state index contributed by atoms with van der Waals surface area (Å²) in [5.41, 5.74) is 0.185. The number of benzene rings is 1. The fourth-order valence-electron chi connectivity index (χ4n) is 1.63. The molecule has 0 saturated carbocycles. The summed E-state index contributed by atoms with van der Waals surface area (Å²) < 4.78 is 26.8. The van der Waals surface area contributed by atoms with Gasteiger partial charge in [0.15, 0.2) is 5.96 Å². The summed E-state index contributed by atoms with van der Waals surface area (Å²) in [7, 11) is 4.02. The molecule has 1 aromatic rings. The van der Waals surface area contributed by atoms with Crippen molar-refractivity contribution in [2.24, 2.45) is 4.99 Å². The summed E-state index contributed by atoms with van der Waals surface area (Å²) in [5, 5.41) is 6.33. The van der Waals surface area contributed by atoms with E-state index in [1.54, 1.807) is 0 Å². The largest absolute Gasteiger partial charge is 0.357 e. The normalized spacial score (nSPS) is 12.1. The molecular weight excluding hydrogens is 413 g/mol. The van der Waals surface area contributed by atoms with Crippen molar-refractivity contribution >= 4 is 29.9 Å². The molecule has 23 heavy (non-hydrogen) atoms. The third-order valence-electron chi connectivity index (χ3n) is 3.66. The molecule has 2 N–H and O–H groups in total. The average Bonchev–Trinajstić information content (AvgIpc) is 2.45. The summed E-state index contributed by atoms with van der Waals surface area (Å²) in [4.78, 5) is 6.42. The van der Waals surface area contributed by atoms with E-state index < -0.39 is 11.6 Å². The zero-order valence-corrected chi connectivity index (χ0v) is 16.7. The van der Waals surface area contributed by atoms with Crippen molar-refractivity contribution in [3.8, 4) is 0 Å². The smallest absolute Gasteiger partial charge is 0.191 e. The van der Waals surface area contributed by atoms with Gasteiger partial charge in [0.2, 0.25) is 0 Å². The van der Waals surface area contributed by atoms with Gasteiger partial charge in [-0.15, -0.1) is 24.0 Å². The highest BCUT2D eigenvalue weighted by molar-refractivity contribution is 14.0. The number of guanidine groups is 1. The molecule has 0 heterocycles. The maximum absolute atomic E-state index is 13.6. The molecule has 0 unspecified atom stereocenters. The first-order chi connectivity index (χ1) is 10.3. The summed E-state index contributed by atoms with van der Waals surface area (Å²) in [6.07, 6.45) is 0. The molecule has 4 nitrogen and oxygen atoms in total. The second kappa shape index (κ2) is 10.0. The molecule has 0 aromatic heterocycles. The Morgan fingerprint density at radius 1 is 1.22 bits per heavy atom. The third-order valence-corrected chi connectivity index (χ3v) is 3.66. The molecule has 0 saturated heterocycles. The summed E-state index contributed by atoms with van der Waals surface area (Å²) in [6, 6.07) is 3.40. The van der Waals surface area contributed by atoms with Crippen molar-refractivity contribution in [2.45, 2.75) is 32.9 Å². The highest BCUT2D eigenvalue weighted by atomic mass is 127. The highest BCUT2D eigenvalue weighted by Crippen LogP contribution is 2.11. The SMILES string of the molecule is CCNC(=NCc1cc(F)ccc1F)NCC(C)(C)N(C)C.I. The van der Waals surface area contributed by atoms with Gasteiger partial charge in [-0.1, -0.05) is 0 Å². The molecular formula is C16H27F2IN4. The Morgan fingerprint density at radius 2 is 1.87 bits per heavy atom. The molecule has 0 aliphatic carbocycles. The van der Waals surface area contributed by atoms with Gasteiger partial charge in [-0.2, -0.15) is 0 Å². The van der Waals surface area contributed by atoms with Crippen LogP contribution in [0, 0.1) is 11.6 Å². The minimum Gasteiger partial charge on any atom is -0.357 e. The molecule has 1 aromatic carbocycles. The Labute approximate surface area is 154 Å². The Morgan fingerprint density at radius 3 is 2.43 bits per heavy atom. The highest BCUT2D eigenvalue weighted by Gasteiger charge is 2.20. The maximum atomic E-state index is 13.6. The Kier molecular flexibility index (Phi) is 9.60. The van der Waals surface area contributed by atoms with Crippen LogP contribution in [0.15, 0.2) is 23.2 Å². The van der Waals surface area contributed by atoms with E-state index in [-0.39, 0.29) is 41.6 Å². The van der Waals surface area contributed by atoms with Crippen LogP contribution >= 0.6 is 24.0 Å². The van der Waals surface area contributed by atoms with Gasteiger partial charge in [0, 0.05) is 24.2 Å². The minimum absolute atomic E-state index is 0. The summed E-state index contributed by atoms with van der Waals surface area (Å²) in [5.74, 6) is -0.325. The van der Waals surface area contributed by atoms with Crippen molar-refractivity contribution in [1.82, 2.24) is 15.5 Å². The summed E-state index contributed by atoms with van der Waals surface area (Å²) >= 11 is 0. The number of hydrogen-bond acceptors (Lipinski definition) is 2. The minimum atomic E-state index is -0.460. The lowest BCUT2D eigenvalue weighted by atomic mass is 10.0. The van der Waals surface area contributed by atoms with Gasteiger partial charge < -0.3 is 15.5 Å². The quantitative estimate of drug-likeness (QED) is 0.406. The van der Waals surface area contributed by atoms with E-state index in [9.17, 15) is 8.78 Å². The number of hydrogen-bond donors (Lipinski definition) is 2. The molecule has 0 aliphatic rings. The molecule has 1 rings (SSSR count). The average molecular weight is 440 g/mol. The van der Waals surface area contributed by atoms with Crippen molar-refractivity contribution in [3.63, 3.8) is 0 Å². The molecule has 0 atom stereocenters. The van der Waals surface area contributed by atoms with Crippen LogP contribution in [-0.2, 0) is 6.54 Å². The Bertz CT molecular complexity index is 519. The monoisotopic (exact) mass is 440 g/mol. The first-order valence-corrected chi connectivity index (χ1v) is 7.40. The molecule has 0 aliphatic heterocycles. The maximum Gasteiger partial charge on any atom is 0.191 e. The van der Waals surface area contributed by atoms with Gasteiger partial charge in [0.25, 0.3) is 0 Å². The predicted octanol–water partition coefficient (Wildman–Crippen LogP) is 2.98. The van der Waals surface area contributed by atoms with E-state index in [4.69, 9.17) is 0 Å².